The van der Waals surface area contributed by atoms with Gasteiger partial charge in [-0.3, -0.25) is 4.79 Å². The van der Waals surface area contributed by atoms with Crippen molar-refractivity contribution in [3.05, 3.63) is 46.7 Å². The van der Waals surface area contributed by atoms with E-state index in [1.165, 1.54) is 10.6 Å². The largest absolute Gasteiger partial charge is 0.378 e. The molecule has 1 aliphatic rings. The Labute approximate surface area is 134 Å². The first-order valence-corrected chi connectivity index (χ1v) is 8.51. The standard InChI is InChI=1S/C17H21N3OS/c18-17(21)13-7-9-20(10-8-13)16-6-2-1-5-15(16)19-12-14-4-3-11-22-14/h1-6,11,13,19H,7-10,12H2,(H2,18,21). The van der Waals surface area contributed by atoms with Crippen LogP contribution in [0.15, 0.2) is 41.8 Å². The normalized spacial score (nSPS) is 15.7. The van der Waals surface area contributed by atoms with Crippen LogP contribution >= 0.6 is 11.3 Å². The van der Waals surface area contributed by atoms with Gasteiger partial charge in [0.15, 0.2) is 0 Å². The van der Waals surface area contributed by atoms with Gasteiger partial charge in [0, 0.05) is 30.4 Å². The molecule has 1 aromatic heterocycles. The van der Waals surface area contributed by atoms with Gasteiger partial charge in [-0.1, -0.05) is 18.2 Å². The van der Waals surface area contributed by atoms with Crippen LogP contribution in [0.3, 0.4) is 0 Å². The van der Waals surface area contributed by atoms with Gasteiger partial charge < -0.3 is 16.0 Å². The molecule has 2 heterocycles. The van der Waals surface area contributed by atoms with Crippen LogP contribution in [0.4, 0.5) is 11.4 Å². The first kappa shape index (κ1) is 14.9. The fraction of sp³-hybridized carbons (Fsp3) is 0.353. The van der Waals surface area contributed by atoms with Crippen LogP contribution in [0.25, 0.3) is 0 Å². The summed E-state index contributed by atoms with van der Waals surface area (Å²) in [6.45, 7) is 2.60. The maximum Gasteiger partial charge on any atom is 0.220 e. The van der Waals surface area contributed by atoms with E-state index in [0.29, 0.717) is 0 Å². The summed E-state index contributed by atoms with van der Waals surface area (Å²) in [5.74, 6) is -0.133. The Hall–Kier alpha value is -2.01. The van der Waals surface area contributed by atoms with E-state index in [0.717, 1.165) is 38.2 Å². The van der Waals surface area contributed by atoms with Crippen molar-refractivity contribution in [1.29, 1.82) is 0 Å². The summed E-state index contributed by atoms with van der Waals surface area (Å²) in [7, 11) is 0. The monoisotopic (exact) mass is 315 g/mol. The summed E-state index contributed by atoms with van der Waals surface area (Å²) in [5.41, 5.74) is 7.77. The number of thiophene rings is 1. The molecule has 0 bridgehead atoms. The fourth-order valence-corrected chi connectivity index (χ4v) is 3.54. The first-order valence-electron chi connectivity index (χ1n) is 7.63. The molecule has 0 aliphatic carbocycles. The summed E-state index contributed by atoms with van der Waals surface area (Å²) >= 11 is 1.76. The van der Waals surface area contributed by atoms with Crippen LogP contribution in [-0.2, 0) is 11.3 Å². The number of anilines is 2. The number of primary amides is 1. The molecule has 1 fully saturated rings. The number of nitrogens with zero attached hydrogens (tertiary/aromatic N) is 1. The quantitative estimate of drug-likeness (QED) is 0.891. The number of hydrogen-bond donors (Lipinski definition) is 2. The number of carbonyl (C=O) groups is 1. The maximum absolute atomic E-state index is 11.3. The predicted octanol–water partition coefficient (Wildman–Crippen LogP) is 3.06. The van der Waals surface area contributed by atoms with Crippen molar-refractivity contribution in [2.24, 2.45) is 11.7 Å². The molecule has 1 aliphatic heterocycles. The molecule has 5 heteroatoms. The molecule has 1 aromatic carbocycles. The lowest BCUT2D eigenvalue weighted by molar-refractivity contribution is -0.122. The molecule has 0 radical (unpaired) electrons. The highest BCUT2D eigenvalue weighted by atomic mass is 32.1. The molecular formula is C17H21N3OS. The number of rotatable bonds is 5. The lowest BCUT2D eigenvalue weighted by Gasteiger charge is -2.33. The van der Waals surface area contributed by atoms with Crippen LogP contribution < -0.4 is 16.0 Å². The Balaban J connectivity index is 1.67. The minimum Gasteiger partial charge on any atom is -0.378 e. The summed E-state index contributed by atoms with van der Waals surface area (Å²) in [6.07, 6.45) is 1.68. The lowest BCUT2D eigenvalue weighted by Crippen LogP contribution is -2.38. The zero-order valence-corrected chi connectivity index (χ0v) is 13.3. The molecule has 22 heavy (non-hydrogen) atoms. The van der Waals surface area contributed by atoms with Crippen molar-refractivity contribution in [2.75, 3.05) is 23.3 Å². The predicted molar refractivity (Wildman–Crippen MR) is 92.2 cm³/mol. The van der Waals surface area contributed by atoms with E-state index in [-0.39, 0.29) is 11.8 Å². The van der Waals surface area contributed by atoms with Crippen LogP contribution in [-0.4, -0.2) is 19.0 Å². The van der Waals surface area contributed by atoms with Crippen LogP contribution in [0.2, 0.25) is 0 Å². The first-order chi connectivity index (χ1) is 10.7. The van der Waals surface area contributed by atoms with E-state index in [2.05, 4.69) is 52.0 Å². The van der Waals surface area contributed by atoms with E-state index in [1.807, 2.05) is 0 Å². The number of para-hydroxylation sites is 2. The zero-order valence-electron chi connectivity index (χ0n) is 12.5. The average Bonchev–Trinajstić information content (AvgIpc) is 3.07. The van der Waals surface area contributed by atoms with Crippen molar-refractivity contribution in [3.63, 3.8) is 0 Å². The maximum atomic E-state index is 11.3. The molecule has 0 spiro atoms. The summed E-state index contributed by atoms with van der Waals surface area (Å²) in [5, 5.41) is 5.62. The Bertz CT molecular complexity index is 619. The molecule has 1 amide bonds. The van der Waals surface area contributed by atoms with Gasteiger partial charge in [0.05, 0.1) is 11.4 Å². The van der Waals surface area contributed by atoms with E-state index < -0.39 is 0 Å². The number of benzene rings is 1. The van der Waals surface area contributed by atoms with Gasteiger partial charge in [0.25, 0.3) is 0 Å². The van der Waals surface area contributed by atoms with Gasteiger partial charge in [-0.05, 0) is 36.4 Å². The van der Waals surface area contributed by atoms with Crippen molar-refractivity contribution in [1.82, 2.24) is 0 Å². The van der Waals surface area contributed by atoms with E-state index in [1.54, 1.807) is 11.3 Å². The van der Waals surface area contributed by atoms with Gasteiger partial charge in [-0.15, -0.1) is 11.3 Å². The SMILES string of the molecule is NC(=O)C1CCN(c2ccccc2NCc2cccs2)CC1. The van der Waals surface area contributed by atoms with Crippen LogP contribution in [0.1, 0.15) is 17.7 Å². The molecule has 3 rings (SSSR count). The highest BCUT2D eigenvalue weighted by Gasteiger charge is 2.24. The topological polar surface area (TPSA) is 58.4 Å². The van der Waals surface area contributed by atoms with Crippen molar-refractivity contribution < 1.29 is 4.79 Å². The highest BCUT2D eigenvalue weighted by molar-refractivity contribution is 7.09. The van der Waals surface area contributed by atoms with Gasteiger partial charge in [-0.25, -0.2) is 0 Å². The second-order valence-corrected chi connectivity index (χ2v) is 6.65. The number of nitrogens with one attached hydrogen (secondary N) is 1. The van der Waals surface area contributed by atoms with Crippen molar-refractivity contribution in [3.8, 4) is 0 Å². The molecule has 1 saturated heterocycles. The molecule has 116 valence electrons. The number of nitrogens with two attached hydrogens (primary N) is 1. The van der Waals surface area contributed by atoms with Crippen molar-refractivity contribution >= 4 is 28.6 Å². The second kappa shape index (κ2) is 6.83. The van der Waals surface area contributed by atoms with Crippen molar-refractivity contribution in [2.45, 2.75) is 19.4 Å². The molecule has 0 atom stereocenters. The Morgan fingerprint density at radius 3 is 2.68 bits per heavy atom. The molecule has 0 unspecified atom stereocenters. The van der Waals surface area contributed by atoms with Crippen LogP contribution in [0.5, 0.6) is 0 Å². The molecule has 0 saturated carbocycles. The number of carbonyl (C=O) groups excluding carboxylic acids is 1. The Morgan fingerprint density at radius 1 is 1.23 bits per heavy atom. The second-order valence-electron chi connectivity index (χ2n) is 5.61. The minimum atomic E-state index is -0.163. The number of hydrogen-bond acceptors (Lipinski definition) is 4. The van der Waals surface area contributed by atoms with Gasteiger partial charge in [0.1, 0.15) is 0 Å². The van der Waals surface area contributed by atoms with Gasteiger partial charge in [0.2, 0.25) is 5.91 Å². The van der Waals surface area contributed by atoms with Gasteiger partial charge >= 0.3 is 0 Å². The third-order valence-corrected chi connectivity index (χ3v) is 5.05. The smallest absolute Gasteiger partial charge is 0.220 e. The average molecular weight is 315 g/mol. The fourth-order valence-electron chi connectivity index (χ4n) is 2.90. The molecule has 4 nitrogen and oxygen atoms in total. The van der Waals surface area contributed by atoms with E-state index in [9.17, 15) is 4.79 Å². The molecule has 2 aromatic rings. The summed E-state index contributed by atoms with van der Waals surface area (Å²) < 4.78 is 0. The van der Waals surface area contributed by atoms with Gasteiger partial charge in [-0.2, -0.15) is 0 Å². The lowest BCUT2D eigenvalue weighted by atomic mass is 9.96. The highest BCUT2D eigenvalue weighted by Crippen LogP contribution is 2.30. The Morgan fingerprint density at radius 2 is 2.00 bits per heavy atom. The summed E-state index contributed by atoms with van der Waals surface area (Å²) in [4.78, 5) is 15.0. The Kier molecular flexibility index (Phi) is 4.63. The van der Waals surface area contributed by atoms with E-state index >= 15 is 0 Å². The number of piperidine rings is 1. The third kappa shape index (κ3) is 3.42. The zero-order chi connectivity index (χ0) is 15.4. The third-order valence-electron chi connectivity index (χ3n) is 4.18. The summed E-state index contributed by atoms with van der Waals surface area (Å²) in [6, 6.07) is 12.6. The van der Waals surface area contributed by atoms with Crippen LogP contribution in [0, 0.1) is 5.92 Å². The molecule has 3 N–H and O–H groups in total. The molecular weight excluding hydrogens is 294 g/mol. The van der Waals surface area contributed by atoms with E-state index in [4.69, 9.17) is 5.73 Å². The minimum absolute atomic E-state index is 0.0301. The number of amides is 1.